The van der Waals surface area contributed by atoms with E-state index in [1.807, 2.05) is 33.8 Å². The first-order chi connectivity index (χ1) is 19.9. The maximum atomic E-state index is 14.0. The molecule has 214 valence electrons. The number of para-hydroxylation sites is 2. The molecule has 0 saturated heterocycles. The maximum absolute atomic E-state index is 14.0. The zero-order valence-electron chi connectivity index (χ0n) is 24.5. The Bertz CT molecular complexity index is 1710. The highest BCUT2D eigenvalue weighted by atomic mass is 32.2. The average molecular weight is 579 g/mol. The molecule has 1 aliphatic heterocycles. The Morgan fingerprint density at radius 2 is 1.76 bits per heavy atom. The first kappa shape index (κ1) is 29.2. The van der Waals surface area contributed by atoms with Crippen LogP contribution in [0.25, 0.3) is 0 Å². The summed E-state index contributed by atoms with van der Waals surface area (Å²) >= 11 is 1.74. The van der Waals surface area contributed by atoms with E-state index in [-0.39, 0.29) is 34.0 Å². The fourth-order valence-electron chi connectivity index (χ4n) is 6.11. The molecule has 0 spiro atoms. The van der Waals surface area contributed by atoms with Crippen LogP contribution in [0, 0.1) is 47.6 Å². The molecule has 0 aromatic heterocycles. The molecule has 0 radical (unpaired) electrons. The van der Waals surface area contributed by atoms with E-state index in [0.29, 0.717) is 24.1 Å². The number of aryl methyl sites for hydroxylation is 2. The van der Waals surface area contributed by atoms with E-state index in [0.717, 1.165) is 32.9 Å². The minimum atomic E-state index is -0.657. The number of thioether (sulfide) groups is 1. The zero-order valence-corrected chi connectivity index (χ0v) is 25.3. The molecule has 42 heavy (non-hydrogen) atoms. The third-order valence-electron chi connectivity index (χ3n) is 8.13. The topological polar surface area (TPSA) is 113 Å². The fraction of sp³-hybridized carbons (Fsp3) is 0.294. The molecule has 3 aromatic carbocycles. The van der Waals surface area contributed by atoms with Crippen LogP contribution in [-0.2, 0) is 10.5 Å². The van der Waals surface area contributed by atoms with Crippen molar-refractivity contribution in [1.29, 1.82) is 5.26 Å². The number of nitrogens with zero attached hydrogens (tertiary/aromatic N) is 3. The molecular formula is C34H34N4O3S. The molecule has 0 amide bonds. The van der Waals surface area contributed by atoms with E-state index in [9.17, 15) is 20.2 Å². The molecule has 8 heteroatoms. The van der Waals surface area contributed by atoms with Gasteiger partial charge in [-0.2, -0.15) is 5.26 Å². The van der Waals surface area contributed by atoms with Crippen molar-refractivity contribution < 1.29 is 9.72 Å². The Labute approximate surface area is 250 Å². The summed E-state index contributed by atoms with van der Waals surface area (Å²) in [5.41, 5.74) is 13.1. The Morgan fingerprint density at radius 3 is 2.43 bits per heavy atom. The lowest BCUT2D eigenvalue weighted by Crippen LogP contribution is -2.42. The second-order valence-electron chi connectivity index (χ2n) is 12.0. The second kappa shape index (κ2) is 11.1. The van der Waals surface area contributed by atoms with Crippen molar-refractivity contribution in [2.24, 2.45) is 11.1 Å². The van der Waals surface area contributed by atoms with Crippen LogP contribution in [-0.4, -0.2) is 10.7 Å². The van der Waals surface area contributed by atoms with E-state index < -0.39 is 10.8 Å². The predicted octanol–water partition coefficient (Wildman–Crippen LogP) is 7.75. The number of nitrogens with two attached hydrogens (primary N) is 1. The maximum Gasteiger partial charge on any atom is 0.293 e. The summed E-state index contributed by atoms with van der Waals surface area (Å²) in [6.07, 6.45) is 0.795. The monoisotopic (exact) mass is 578 g/mol. The SMILES string of the molecule is Cc1ccc(SCc2cc(C)cc(C3C(C#N)=C(N)N(c4ccccc4[N+](=O)[O-])C4=C3C(=O)CC(C)(C)C4)c2C)cc1. The molecule has 7 nitrogen and oxygen atoms in total. The number of nitro groups is 1. The Kier molecular flexibility index (Phi) is 7.74. The summed E-state index contributed by atoms with van der Waals surface area (Å²) in [4.78, 5) is 28.3. The number of allylic oxidation sites excluding steroid dienone is 3. The molecule has 0 bridgehead atoms. The molecule has 1 heterocycles. The standard InChI is InChI=1S/C34H34N4O3S/c1-20-10-12-24(13-11-20)42-19-23-14-21(2)15-25(22(23)3)31-26(18-35)33(36)37(27-8-6-7-9-28(27)38(40)41)29-16-34(4,5)17-30(39)32(29)31/h6-15,31H,16-17,19,36H2,1-5H3. The lowest BCUT2D eigenvalue weighted by atomic mass is 9.68. The van der Waals surface area contributed by atoms with Crippen molar-refractivity contribution in [2.45, 2.75) is 64.0 Å². The number of nitriles is 1. The van der Waals surface area contributed by atoms with Crippen molar-refractivity contribution in [3.63, 3.8) is 0 Å². The van der Waals surface area contributed by atoms with Gasteiger partial charge in [-0.15, -0.1) is 11.8 Å². The third kappa shape index (κ3) is 5.33. The summed E-state index contributed by atoms with van der Waals surface area (Å²) < 4.78 is 0. The minimum Gasteiger partial charge on any atom is -0.384 e. The van der Waals surface area contributed by atoms with Gasteiger partial charge < -0.3 is 5.73 Å². The smallest absolute Gasteiger partial charge is 0.293 e. The van der Waals surface area contributed by atoms with Crippen molar-refractivity contribution in [2.75, 3.05) is 4.90 Å². The van der Waals surface area contributed by atoms with Gasteiger partial charge in [-0.3, -0.25) is 19.8 Å². The van der Waals surface area contributed by atoms with Crippen LogP contribution in [0.15, 0.2) is 88.2 Å². The van der Waals surface area contributed by atoms with Crippen molar-refractivity contribution in [3.05, 3.63) is 121 Å². The molecule has 0 fully saturated rings. The van der Waals surface area contributed by atoms with Crippen molar-refractivity contribution in [3.8, 4) is 6.07 Å². The number of rotatable bonds is 6. The molecule has 2 aliphatic rings. The highest BCUT2D eigenvalue weighted by molar-refractivity contribution is 7.98. The summed E-state index contributed by atoms with van der Waals surface area (Å²) in [5, 5.41) is 22.6. The van der Waals surface area contributed by atoms with E-state index in [1.54, 1.807) is 34.9 Å². The highest BCUT2D eigenvalue weighted by Gasteiger charge is 2.46. The molecular weight excluding hydrogens is 544 g/mol. The number of carbonyl (C=O) groups excluding carboxylic acids is 1. The van der Waals surface area contributed by atoms with Crippen LogP contribution in [0.5, 0.6) is 0 Å². The predicted molar refractivity (Wildman–Crippen MR) is 167 cm³/mol. The van der Waals surface area contributed by atoms with Crippen molar-refractivity contribution >= 4 is 28.9 Å². The first-order valence-electron chi connectivity index (χ1n) is 13.9. The van der Waals surface area contributed by atoms with Gasteiger partial charge in [-0.1, -0.05) is 61.4 Å². The van der Waals surface area contributed by atoms with Gasteiger partial charge >= 0.3 is 0 Å². The van der Waals surface area contributed by atoms with Gasteiger partial charge in [0.1, 0.15) is 11.5 Å². The Balaban J connectivity index is 1.70. The number of anilines is 1. The number of Topliss-reactive ketones (excluding diaryl/α,β-unsaturated/α-hetero) is 1. The van der Waals surface area contributed by atoms with Crippen LogP contribution in [0.2, 0.25) is 0 Å². The lowest BCUT2D eigenvalue weighted by molar-refractivity contribution is -0.384. The lowest BCUT2D eigenvalue weighted by Gasteiger charge is -2.43. The van der Waals surface area contributed by atoms with E-state index in [2.05, 4.69) is 43.3 Å². The number of nitro benzene ring substituents is 1. The molecule has 3 aromatic rings. The largest absolute Gasteiger partial charge is 0.384 e. The Hall–Kier alpha value is -4.35. The summed E-state index contributed by atoms with van der Waals surface area (Å²) in [7, 11) is 0. The Morgan fingerprint density at radius 1 is 1.07 bits per heavy atom. The molecule has 1 unspecified atom stereocenters. The molecule has 2 N–H and O–H groups in total. The van der Waals surface area contributed by atoms with Crippen LogP contribution in [0.3, 0.4) is 0 Å². The van der Waals surface area contributed by atoms with Crippen LogP contribution in [0.1, 0.15) is 60.4 Å². The van der Waals surface area contributed by atoms with Gasteiger partial charge in [0.15, 0.2) is 5.78 Å². The van der Waals surface area contributed by atoms with Gasteiger partial charge in [0.25, 0.3) is 5.69 Å². The minimum absolute atomic E-state index is 0.0634. The van der Waals surface area contributed by atoms with Gasteiger partial charge in [-0.05, 0) is 67.5 Å². The van der Waals surface area contributed by atoms with Gasteiger partial charge in [0, 0.05) is 34.4 Å². The number of carbonyl (C=O) groups is 1. The number of benzene rings is 3. The van der Waals surface area contributed by atoms with Gasteiger partial charge in [0.05, 0.1) is 22.5 Å². The van der Waals surface area contributed by atoms with Gasteiger partial charge in [-0.25, -0.2) is 0 Å². The third-order valence-corrected chi connectivity index (χ3v) is 9.19. The zero-order chi connectivity index (χ0) is 30.3. The van der Waals surface area contributed by atoms with Crippen molar-refractivity contribution in [1.82, 2.24) is 0 Å². The molecule has 5 rings (SSSR count). The normalized spacial score (nSPS) is 18.1. The van der Waals surface area contributed by atoms with Gasteiger partial charge in [0.2, 0.25) is 0 Å². The summed E-state index contributed by atoms with van der Waals surface area (Å²) in [5.74, 6) is 0.131. The molecule has 1 aliphatic carbocycles. The van der Waals surface area contributed by atoms with E-state index >= 15 is 0 Å². The number of hydrogen-bond donors (Lipinski definition) is 1. The average Bonchev–Trinajstić information content (AvgIpc) is 2.93. The van der Waals surface area contributed by atoms with E-state index in [4.69, 9.17) is 5.73 Å². The molecule has 0 saturated carbocycles. The number of hydrogen-bond acceptors (Lipinski definition) is 7. The van der Waals surface area contributed by atoms with Crippen LogP contribution < -0.4 is 10.6 Å². The first-order valence-corrected chi connectivity index (χ1v) is 14.9. The summed E-state index contributed by atoms with van der Waals surface area (Å²) in [6.45, 7) is 10.1. The number of ketones is 1. The summed E-state index contributed by atoms with van der Waals surface area (Å²) in [6, 6.07) is 21.3. The van der Waals surface area contributed by atoms with E-state index in [1.165, 1.54) is 11.6 Å². The van der Waals surface area contributed by atoms with Crippen LogP contribution >= 0.6 is 11.8 Å². The second-order valence-corrected chi connectivity index (χ2v) is 13.0. The quantitative estimate of drug-likeness (QED) is 0.181. The van der Waals surface area contributed by atoms with Crippen LogP contribution in [0.4, 0.5) is 11.4 Å². The fourth-order valence-corrected chi connectivity index (χ4v) is 7.06. The molecule has 1 atom stereocenters. The highest BCUT2D eigenvalue weighted by Crippen LogP contribution is 2.52.